The van der Waals surface area contributed by atoms with Crippen LogP contribution in [0.15, 0.2) is 12.1 Å². The molecule has 2 aromatic rings. The van der Waals surface area contributed by atoms with Crippen molar-refractivity contribution >= 4 is 16.9 Å². The van der Waals surface area contributed by atoms with Crippen LogP contribution in [0.1, 0.15) is 41.4 Å². The average Bonchev–Trinajstić information content (AvgIpc) is 2.82. The molecule has 2 heterocycles. The third kappa shape index (κ3) is 1.78. The first-order valence-electron chi connectivity index (χ1n) is 6.46. The summed E-state index contributed by atoms with van der Waals surface area (Å²) in [5, 5.41) is 10.2. The van der Waals surface area contributed by atoms with Crippen LogP contribution in [0.2, 0.25) is 0 Å². The summed E-state index contributed by atoms with van der Waals surface area (Å²) in [4.78, 5) is 16.0. The van der Waals surface area contributed by atoms with E-state index in [4.69, 9.17) is 9.47 Å². The number of carboxylic acids is 1. The van der Waals surface area contributed by atoms with Crippen molar-refractivity contribution in [1.29, 1.82) is 0 Å². The molecule has 1 aliphatic rings. The lowest BCUT2D eigenvalue weighted by atomic mass is 9.96. The zero-order chi connectivity index (χ0) is 14.4. The van der Waals surface area contributed by atoms with Gasteiger partial charge in [0.05, 0.1) is 16.8 Å². The molecular weight excluding hydrogens is 258 g/mol. The fourth-order valence-corrected chi connectivity index (χ4v) is 2.52. The van der Waals surface area contributed by atoms with Gasteiger partial charge in [-0.2, -0.15) is 0 Å². The Labute approximate surface area is 116 Å². The van der Waals surface area contributed by atoms with Gasteiger partial charge in [0.1, 0.15) is 0 Å². The molecule has 1 N–H and O–H groups in total. The van der Waals surface area contributed by atoms with Gasteiger partial charge in [-0.25, -0.2) is 4.79 Å². The third-order valence-electron chi connectivity index (χ3n) is 3.53. The maximum atomic E-state index is 11.5. The third-order valence-corrected chi connectivity index (χ3v) is 3.53. The number of nitrogens with zero attached hydrogens (tertiary/aromatic N) is 1. The SMILES string of the molecule is Cc1c(C(=O)O)c(C(C)C)nc2cc3c(cc12)OCO3. The highest BCUT2D eigenvalue weighted by atomic mass is 16.7. The molecule has 5 nitrogen and oxygen atoms in total. The highest BCUT2D eigenvalue weighted by molar-refractivity contribution is 5.98. The molecule has 20 heavy (non-hydrogen) atoms. The maximum Gasteiger partial charge on any atom is 0.337 e. The van der Waals surface area contributed by atoms with Crippen LogP contribution >= 0.6 is 0 Å². The number of ether oxygens (including phenoxy) is 2. The fourth-order valence-electron chi connectivity index (χ4n) is 2.52. The van der Waals surface area contributed by atoms with Gasteiger partial charge in [0, 0.05) is 11.5 Å². The summed E-state index contributed by atoms with van der Waals surface area (Å²) in [7, 11) is 0. The van der Waals surface area contributed by atoms with E-state index in [-0.39, 0.29) is 18.3 Å². The van der Waals surface area contributed by atoms with E-state index in [1.807, 2.05) is 26.8 Å². The summed E-state index contributed by atoms with van der Waals surface area (Å²) in [6, 6.07) is 3.61. The number of hydrogen-bond donors (Lipinski definition) is 1. The number of hydrogen-bond acceptors (Lipinski definition) is 4. The zero-order valence-electron chi connectivity index (χ0n) is 11.6. The number of carboxylic acid groups (broad SMARTS) is 1. The summed E-state index contributed by atoms with van der Waals surface area (Å²) >= 11 is 0. The molecule has 0 saturated carbocycles. The number of aromatic nitrogens is 1. The van der Waals surface area contributed by atoms with E-state index in [1.165, 1.54) is 0 Å². The monoisotopic (exact) mass is 273 g/mol. The Bertz CT molecular complexity index is 722. The summed E-state index contributed by atoms with van der Waals surface area (Å²) in [6.45, 7) is 5.87. The van der Waals surface area contributed by atoms with Crippen molar-refractivity contribution in [1.82, 2.24) is 4.98 Å². The molecule has 0 amide bonds. The maximum absolute atomic E-state index is 11.5. The smallest absolute Gasteiger partial charge is 0.337 e. The van der Waals surface area contributed by atoms with Crippen LogP contribution in [0.4, 0.5) is 0 Å². The van der Waals surface area contributed by atoms with E-state index in [1.54, 1.807) is 6.07 Å². The van der Waals surface area contributed by atoms with Gasteiger partial charge >= 0.3 is 5.97 Å². The summed E-state index contributed by atoms with van der Waals surface area (Å²) < 4.78 is 10.7. The lowest BCUT2D eigenvalue weighted by molar-refractivity contribution is 0.0694. The first-order chi connectivity index (χ1) is 9.49. The number of pyridine rings is 1. The van der Waals surface area contributed by atoms with Gasteiger partial charge in [-0.3, -0.25) is 4.98 Å². The van der Waals surface area contributed by atoms with E-state index in [2.05, 4.69) is 4.98 Å². The minimum atomic E-state index is -0.946. The molecule has 5 heteroatoms. The predicted molar refractivity (Wildman–Crippen MR) is 73.7 cm³/mol. The van der Waals surface area contributed by atoms with E-state index in [0.29, 0.717) is 22.8 Å². The minimum Gasteiger partial charge on any atom is -0.478 e. The normalized spacial score (nSPS) is 13.2. The first-order valence-corrected chi connectivity index (χ1v) is 6.46. The van der Waals surface area contributed by atoms with Gasteiger partial charge in [-0.15, -0.1) is 0 Å². The van der Waals surface area contributed by atoms with Gasteiger partial charge in [0.25, 0.3) is 0 Å². The first kappa shape index (κ1) is 12.7. The molecular formula is C15H15NO4. The Morgan fingerprint density at radius 1 is 1.30 bits per heavy atom. The molecule has 0 saturated heterocycles. The molecule has 0 atom stereocenters. The zero-order valence-corrected chi connectivity index (χ0v) is 11.6. The largest absolute Gasteiger partial charge is 0.478 e. The van der Waals surface area contributed by atoms with E-state index in [9.17, 15) is 9.90 Å². The molecule has 0 aliphatic carbocycles. The van der Waals surface area contributed by atoms with E-state index in [0.717, 1.165) is 10.9 Å². The molecule has 1 aromatic carbocycles. The molecule has 104 valence electrons. The molecule has 0 spiro atoms. The van der Waals surface area contributed by atoms with Crippen LogP contribution in [-0.4, -0.2) is 22.9 Å². The van der Waals surface area contributed by atoms with Crippen LogP contribution in [0, 0.1) is 6.92 Å². The van der Waals surface area contributed by atoms with E-state index < -0.39 is 5.97 Å². The summed E-state index contributed by atoms with van der Waals surface area (Å²) in [5.41, 5.74) is 2.33. The number of rotatable bonds is 2. The molecule has 0 unspecified atom stereocenters. The van der Waals surface area contributed by atoms with Gasteiger partial charge in [-0.1, -0.05) is 13.8 Å². The second-order valence-electron chi connectivity index (χ2n) is 5.18. The number of aromatic carboxylic acids is 1. The van der Waals surface area contributed by atoms with Gasteiger partial charge < -0.3 is 14.6 Å². The topological polar surface area (TPSA) is 68.7 Å². The van der Waals surface area contributed by atoms with Crippen LogP contribution in [-0.2, 0) is 0 Å². The highest BCUT2D eigenvalue weighted by Crippen LogP contribution is 2.38. The van der Waals surface area contributed by atoms with Crippen molar-refractivity contribution in [3.05, 3.63) is 29.0 Å². The van der Waals surface area contributed by atoms with Gasteiger partial charge in [0.15, 0.2) is 11.5 Å². The molecule has 3 rings (SSSR count). The molecule has 1 aliphatic heterocycles. The van der Waals surface area contributed by atoms with Gasteiger partial charge in [-0.05, 0) is 24.5 Å². The van der Waals surface area contributed by atoms with Crippen LogP contribution in [0.25, 0.3) is 10.9 Å². The van der Waals surface area contributed by atoms with Gasteiger partial charge in [0.2, 0.25) is 6.79 Å². The van der Waals surface area contributed by atoms with Crippen molar-refractivity contribution in [2.75, 3.05) is 6.79 Å². The van der Waals surface area contributed by atoms with Crippen molar-refractivity contribution in [3.8, 4) is 11.5 Å². The quantitative estimate of drug-likeness (QED) is 0.910. The Morgan fingerprint density at radius 3 is 2.55 bits per heavy atom. The standard InChI is InChI=1S/C15H15NO4/c1-7(2)14-13(15(17)18)8(3)9-4-11-12(20-6-19-11)5-10(9)16-14/h4-5,7H,6H2,1-3H3,(H,17,18). The number of fused-ring (bicyclic) bond motifs is 2. The second-order valence-corrected chi connectivity index (χ2v) is 5.18. The van der Waals surface area contributed by atoms with Crippen molar-refractivity contribution in [3.63, 3.8) is 0 Å². The second kappa shape index (κ2) is 4.37. The van der Waals surface area contributed by atoms with Crippen LogP contribution in [0.5, 0.6) is 11.5 Å². The van der Waals surface area contributed by atoms with Crippen LogP contribution < -0.4 is 9.47 Å². The Balaban J connectivity index is 2.37. The van der Waals surface area contributed by atoms with Crippen molar-refractivity contribution < 1.29 is 19.4 Å². The summed E-state index contributed by atoms with van der Waals surface area (Å²) in [6.07, 6.45) is 0. The Hall–Kier alpha value is -2.30. The molecule has 1 aromatic heterocycles. The lowest BCUT2D eigenvalue weighted by Crippen LogP contribution is -2.10. The highest BCUT2D eigenvalue weighted by Gasteiger charge is 2.22. The number of benzene rings is 1. The molecule has 0 bridgehead atoms. The molecule has 0 fully saturated rings. The average molecular weight is 273 g/mol. The van der Waals surface area contributed by atoms with Crippen molar-refractivity contribution in [2.45, 2.75) is 26.7 Å². The lowest BCUT2D eigenvalue weighted by Gasteiger charge is -2.14. The Kier molecular flexibility index (Phi) is 2.78. The van der Waals surface area contributed by atoms with E-state index >= 15 is 0 Å². The number of aryl methyl sites for hydroxylation is 1. The summed E-state index contributed by atoms with van der Waals surface area (Å²) in [5.74, 6) is 0.381. The number of carbonyl (C=O) groups is 1. The predicted octanol–water partition coefficient (Wildman–Crippen LogP) is 3.09. The molecule has 0 radical (unpaired) electrons. The van der Waals surface area contributed by atoms with Crippen molar-refractivity contribution in [2.24, 2.45) is 0 Å². The van der Waals surface area contributed by atoms with Crippen LogP contribution in [0.3, 0.4) is 0 Å². The minimum absolute atomic E-state index is 0.0367. The fraction of sp³-hybridized carbons (Fsp3) is 0.333. The Morgan fingerprint density at radius 2 is 1.95 bits per heavy atom.